The molecule has 1 heterocycles. The highest BCUT2D eigenvalue weighted by Crippen LogP contribution is 2.17. The first-order valence-electron chi connectivity index (χ1n) is 5.35. The van der Waals surface area contributed by atoms with Crippen LogP contribution in [0.1, 0.15) is 30.7 Å². The lowest BCUT2D eigenvalue weighted by atomic mass is 10.2. The number of rotatable bonds is 6. The normalized spacial score (nSPS) is 9.81. The summed E-state index contributed by atoms with van der Waals surface area (Å²) >= 11 is 0. The van der Waals surface area contributed by atoms with Gasteiger partial charge in [-0.3, -0.25) is 4.98 Å². The summed E-state index contributed by atoms with van der Waals surface area (Å²) in [5.41, 5.74) is 1.43. The molecule has 86 valence electrons. The number of hydrogen-bond donors (Lipinski definition) is 1. The van der Waals surface area contributed by atoms with Crippen LogP contribution < -0.4 is 4.74 Å². The minimum absolute atomic E-state index is 0.116. The summed E-state index contributed by atoms with van der Waals surface area (Å²) in [5.74, 6) is 0.630. The number of nitrogens with zero attached hydrogens (tertiary/aromatic N) is 2. The molecule has 0 fully saturated rings. The van der Waals surface area contributed by atoms with Gasteiger partial charge in [-0.2, -0.15) is 5.26 Å². The number of pyridine rings is 1. The monoisotopic (exact) mass is 220 g/mol. The molecule has 0 radical (unpaired) electrons. The smallest absolute Gasteiger partial charge is 0.143 e. The largest absolute Gasteiger partial charge is 0.492 e. The Kier molecular flexibility index (Phi) is 5.30. The predicted molar refractivity (Wildman–Crippen MR) is 59.9 cm³/mol. The number of nitriles is 1. The molecule has 1 aromatic rings. The van der Waals surface area contributed by atoms with Crippen molar-refractivity contribution in [3.8, 4) is 11.8 Å². The Morgan fingerprint density at radius 2 is 2.25 bits per heavy atom. The van der Waals surface area contributed by atoms with Gasteiger partial charge in [-0.1, -0.05) is 0 Å². The van der Waals surface area contributed by atoms with E-state index in [0.717, 1.165) is 18.5 Å². The molecule has 0 unspecified atom stereocenters. The maximum absolute atomic E-state index is 9.10. The van der Waals surface area contributed by atoms with Crippen molar-refractivity contribution < 1.29 is 9.84 Å². The van der Waals surface area contributed by atoms with Gasteiger partial charge in [0.05, 0.1) is 19.3 Å². The molecule has 0 saturated heterocycles. The Balaban J connectivity index is 2.44. The van der Waals surface area contributed by atoms with Crippen molar-refractivity contribution in [2.45, 2.75) is 32.8 Å². The Bertz CT molecular complexity index is 372. The fourth-order valence-electron chi connectivity index (χ4n) is 1.33. The lowest BCUT2D eigenvalue weighted by molar-refractivity contribution is 0.254. The maximum Gasteiger partial charge on any atom is 0.143 e. The third-order valence-corrected chi connectivity index (χ3v) is 2.16. The molecule has 0 aliphatic heterocycles. The molecule has 0 aliphatic rings. The van der Waals surface area contributed by atoms with E-state index in [1.54, 1.807) is 0 Å². The topological polar surface area (TPSA) is 66.1 Å². The van der Waals surface area contributed by atoms with Crippen molar-refractivity contribution in [2.24, 2.45) is 0 Å². The SMILES string of the molecule is Cc1ccc(OCCCCC#N)c(CO)n1. The molecule has 0 bridgehead atoms. The standard InChI is InChI=1S/C12H16N2O2/c1-10-5-6-12(11(9-15)14-10)16-8-4-2-3-7-13/h5-6,15H,2-4,8-9H2,1H3. The Hall–Kier alpha value is -1.60. The van der Waals surface area contributed by atoms with E-state index in [1.807, 2.05) is 19.1 Å². The van der Waals surface area contributed by atoms with Gasteiger partial charge in [-0.15, -0.1) is 0 Å². The fourth-order valence-corrected chi connectivity index (χ4v) is 1.33. The third-order valence-electron chi connectivity index (χ3n) is 2.16. The van der Waals surface area contributed by atoms with E-state index in [-0.39, 0.29) is 6.61 Å². The maximum atomic E-state index is 9.10. The van der Waals surface area contributed by atoms with Crippen LogP contribution in [-0.2, 0) is 6.61 Å². The summed E-state index contributed by atoms with van der Waals surface area (Å²) in [7, 11) is 0. The van der Waals surface area contributed by atoms with Crippen molar-refractivity contribution in [3.63, 3.8) is 0 Å². The molecule has 0 aliphatic carbocycles. The Morgan fingerprint density at radius 1 is 1.44 bits per heavy atom. The molecule has 4 heteroatoms. The van der Waals surface area contributed by atoms with Gasteiger partial charge in [-0.25, -0.2) is 0 Å². The third kappa shape index (κ3) is 3.87. The molecule has 0 amide bonds. The first kappa shape index (κ1) is 12.5. The van der Waals surface area contributed by atoms with Crippen LogP contribution in [-0.4, -0.2) is 16.7 Å². The van der Waals surface area contributed by atoms with Crippen molar-refractivity contribution >= 4 is 0 Å². The van der Waals surface area contributed by atoms with Gasteiger partial charge in [0.2, 0.25) is 0 Å². The zero-order valence-electron chi connectivity index (χ0n) is 9.44. The van der Waals surface area contributed by atoms with Gasteiger partial charge in [-0.05, 0) is 31.9 Å². The van der Waals surface area contributed by atoms with E-state index in [2.05, 4.69) is 11.1 Å². The fraction of sp³-hybridized carbons (Fsp3) is 0.500. The van der Waals surface area contributed by atoms with Gasteiger partial charge in [0.1, 0.15) is 11.4 Å². The predicted octanol–water partition coefficient (Wildman–Crippen LogP) is 1.95. The van der Waals surface area contributed by atoms with Gasteiger partial charge < -0.3 is 9.84 Å². The number of aliphatic hydroxyl groups excluding tert-OH is 1. The summed E-state index contributed by atoms with van der Waals surface area (Å²) in [5, 5.41) is 17.5. The van der Waals surface area contributed by atoms with Gasteiger partial charge in [0.25, 0.3) is 0 Å². The summed E-state index contributed by atoms with van der Waals surface area (Å²) < 4.78 is 5.50. The van der Waals surface area contributed by atoms with Crippen molar-refractivity contribution in [1.82, 2.24) is 4.98 Å². The molecular formula is C12H16N2O2. The lowest BCUT2D eigenvalue weighted by Crippen LogP contribution is -2.02. The second-order valence-electron chi connectivity index (χ2n) is 3.52. The molecule has 1 N–H and O–H groups in total. The molecule has 0 atom stereocenters. The number of aryl methyl sites for hydroxylation is 1. The zero-order chi connectivity index (χ0) is 11.8. The molecule has 0 saturated carbocycles. The quantitative estimate of drug-likeness (QED) is 0.744. The van der Waals surface area contributed by atoms with Gasteiger partial charge in [0, 0.05) is 12.1 Å². The van der Waals surface area contributed by atoms with Crippen molar-refractivity contribution in [3.05, 3.63) is 23.5 Å². The van der Waals surface area contributed by atoms with Crippen LogP contribution in [0.25, 0.3) is 0 Å². The van der Waals surface area contributed by atoms with Crippen LogP contribution in [0.3, 0.4) is 0 Å². The van der Waals surface area contributed by atoms with E-state index in [9.17, 15) is 0 Å². The second kappa shape index (κ2) is 6.81. The minimum atomic E-state index is -0.116. The first-order chi connectivity index (χ1) is 7.77. The van der Waals surface area contributed by atoms with E-state index in [1.165, 1.54) is 0 Å². The zero-order valence-corrected chi connectivity index (χ0v) is 9.44. The highest BCUT2D eigenvalue weighted by molar-refractivity contribution is 5.28. The molecular weight excluding hydrogens is 204 g/mol. The number of hydrogen-bond acceptors (Lipinski definition) is 4. The Labute approximate surface area is 95.5 Å². The van der Waals surface area contributed by atoms with Crippen LogP contribution in [0.4, 0.5) is 0 Å². The highest BCUT2D eigenvalue weighted by atomic mass is 16.5. The summed E-state index contributed by atoms with van der Waals surface area (Å²) in [6.45, 7) is 2.31. The van der Waals surface area contributed by atoms with Crippen LogP contribution in [0.2, 0.25) is 0 Å². The van der Waals surface area contributed by atoms with E-state index in [0.29, 0.717) is 24.5 Å². The van der Waals surface area contributed by atoms with Gasteiger partial charge in [0.15, 0.2) is 0 Å². The summed E-state index contributed by atoms with van der Waals surface area (Å²) in [4.78, 5) is 4.18. The average Bonchev–Trinajstić information content (AvgIpc) is 2.30. The average molecular weight is 220 g/mol. The molecule has 1 aromatic heterocycles. The lowest BCUT2D eigenvalue weighted by Gasteiger charge is -2.09. The minimum Gasteiger partial charge on any atom is -0.492 e. The summed E-state index contributed by atoms with van der Waals surface area (Å²) in [6, 6.07) is 5.76. The van der Waals surface area contributed by atoms with Crippen LogP contribution in [0, 0.1) is 18.3 Å². The number of aliphatic hydroxyl groups is 1. The second-order valence-corrected chi connectivity index (χ2v) is 3.52. The van der Waals surface area contributed by atoms with E-state index in [4.69, 9.17) is 15.1 Å². The highest BCUT2D eigenvalue weighted by Gasteiger charge is 2.04. The van der Waals surface area contributed by atoms with Crippen LogP contribution in [0.15, 0.2) is 12.1 Å². The Morgan fingerprint density at radius 3 is 2.94 bits per heavy atom. The molecule has 4 nitrogen and oxygen atoms in total. The molecule has 0 spiro atoms. The van der Waals surface area contributed by atoms with Crippen LogP contribution >= 0.6 is 0 Å². The van der Waals surface area contributed by atoms with Gasteiger partial charge >= 0.3 is 0 Å². The molecule has 16 heavy (non-hydrogen) atoms. The molecule has 1 rings (SSSR count). The van der Waals surface area contributed by atoms with Crippen LogP contribution in [0.5, 0.6) is 5.75 Å². The number of ether oxygens (including phenoxy) is 1. The first-order valence-corrected chi connectivity index (χ1v) is 5.35. The number of aromatic nitrogens is 1. The van der Waals surface area contributed by atoms with Crippen molar-refractivity contribution in [1.29, 1.82) is 5.26 Å². The van der Waals surface area contributed by atoms with E-state index < -0.39 is 0 Å². The molecule has 0 aromatic carbocycles. The van der Waals surface area contributed by atoms with Crippen molar-refractivity contribution in [2.75, 3.05) is 6.61 Å². The summed E-state index contributed by atoms with van der Waals surface area (Å²) in [6.07, 6.45) is 2.24. The van der Waals surface area contributed by atoms with E-state index >= 15 is 0 Å². The number of unbranched alkanes of at least 4 members (excludes halogenated alkanes) is 2.